The maximum absolute atomic E-state index is 6.46. The van der Waals surface area contributed by atoms with Crippen LogP contribution in [-0.2, 0) is 12.8 Å². The Kier molecular flexibility index (Phi) is 6.50. The number of methoxy groups -OCH3 is 1. The Labute approximate surface area is 185 Å². The van der Waals surface area contributed by atoms with Gasteiger partial charge in [0.25, 0.3) is 0 Å². The number of halogens is 1. The Hall–Kier alpha value is -2.23. The number of hydrogen-bond acceptors (Lipinski definition) is 3. The third kappa shape index (κ3) is 4.43. The SMILES string of the molecule is C/C=C(\NC1=C(C)CCN(C2CCc3ccc(OC)cc3C2)C1)c1ccccc1Cl. The molecule has 3 nitrogen and oxygen atoms in total. The molecule has 0 amide bonds. The number of nitrogens with zero attached hydrogens (tertiary/aromatic N) is 1. The van der Waals surface area contributed by atoms with Gasteiger partial charge in [-0.15, -0.1) is 0 Å². The average molecular weight is 423 g/mol. The summed E-state index contributed by atoms with van der Waals surface area (Å²) in [6.07, 6.45) is 6.67. The first-order chi connectivity index (χ1) is 14.6. The number of fused-ring (bicyclic) bond motifs is 1. The van der Waals surface area contributed by atoms with Gasteiger partial charge in [0.15, 0.2) is 0 Å². The molecule has 2 aliphatic rings. The van der Waals surface area contributed by atoms with Crippen LogP contribution in [0, 0.1) is 0 Å². The molecule has 0 spiro atoms. The molecule has 1 aliphatic carbocycles. The molecule has 0 fully saturated rings. The van der Waals surface area contributed by atoms with E-state index in [0.29, 0.717) is 6.04 Å². The second kappa shape index (κ2) is 9.28. The van der Waals surface area contributed by atoms with E-state index in [9.17, 15) is 0 Å². The molecule has 4 rings (SSSR count). The Balaban J connectivity index is 1.49. The molecule has 1 aliphatic heterocycles. The molecular formula is C26H31ClN2O. The van der Waals surface area contributed by atoms with Gasteiger partial charge in [-0.25, -0.2) is 0 Å². The first-order valence-corrected chi connectivity index (χ1v) is 11.2. The van der Waals surface area contributed by atoms with E-state index in [1.54, 1.807) is 7.11 Å². The number of aryl methyl sites for hydroxylation is 1. The summed E-state index contributed by atoms with van der Waals surface area (Å²) in [7, 11) is 1.75. The van der Waals surface area contributed by atoms with E-state index in [0.717, 1.165) is 54.4 Å². The van der Waals surface area contributed by atoms with Gasteiger partial charge in [0.05, 0.1) is 7.11 Å². The number of rotatable bonds is 5. The standard InChI is InChI=1S/C26H31ClN2O/c1-4-25(23-7-5-6-8-24(23)27)28-26-17-29(14-13-18(26)2)21-11-9-19-10-12-22(30-3)16-20(19)15-21/h4-8,10,12,16,21,28H,9,11,13-15,17H2,1-3H3/b25-4-. The number of nitrogens with one attached hydrogen (secondary N) is 1. The van der Waals surface area contributed by atoms with Crippen molar-refractivity contribution in [3.8, 4) is 5.75 Å². The van der Waals surface area contributed by atoms with E-state index in [2.05, 4.69) is 54.4 Å². The summed E-state index contributed by atoms with van der Waals surface area (Å²) in [6.45, 7) is 6.39. The van der Waals surface area contributed by atoms with Gasteiger partial charge in [-0.2, -0.15) is 0 Å². The van der Waals surface area contributed by atoms with E-state index in [4.69, 9.17) is 16.3 Å². The van der Waals surface area contributed by atoms with Gasteiger partial charge in [-0.05, 0) is 68.9 Å². The fourth-order valence-electron chi connectivity index (χ4n) is 4.63. The third-order valence-corrected chi connectivity index (χ3v) is 6.85. The summed E-state index contributed by atoms with van der Waals surface area (Å²) < 4.78 is 5.45. The van der Waals surface area contributed by atoms with Gasteiger partial charge in [0.1, 0.15) is 5.75 Å². The van der Waals surface area contributed by atoms with Crippen molar-refractivity contribution in [1.82, 2.24) is 10.2 Å². The average Bonchev–Trinajstić information content (AvgIpc) is 2.78. The minimum absolute atomic E-state index is 0.573. The summed E-state index contributed by atoms with van der Waals surface area (Å²) >= 11 is 6.46. The lowest BCUT2D eigenvalue weighted by molar-refractivity contribution is 0.185. The van der Waals surface area contributed by atoms with Crippen molar-refractivity contribution < 1.29 is 4.74 Å². The maximum Gasteiger partial charge on any atom is 0.119 e. The van der Waals surface area contributed by atoms with Gasteiger partial charge in [0.2, 0.25) is 0 Å². The summed E-state index contributed by atoms with van der Waals surface area (Å²) in [4.78, 5) is 2.65. The van der Waals surface area contributed by atoms with Crippen LogP contribution in [0.5, 0.6) is 5.75 Å². The van der Waals surface area contributed by atoms with Crippen LogP contribution in [0.4, 0.5) is 0 Å². The van der Waals surface area contributed by atoms with Crippen molar-refractivity contribution in [2.24, 2.45) is 0 Å². The van der Waals surface area contributed by atoms with Gasteiger partial charge < -0.3 is 10.1 Å². The van der Waals surface area contributed by atoms with Crippen LogP contribution in [-0.4, -0.2) is 31.1 Å². The normalized spacial score (nSPS) is 20.1. The number of allylic oxidation sites excluding steroid dienone is 1. The predicted molar refractivity (Wildman–Crippen MR) is 126 cm³/mol. The van der Waals surface area contributed by atoms with Gasteiger partial charge in [0, 0.05) is 41.1 Å². The van der Waals surface area contributed by atoms with Crippen LogP contribution in [0.15, 0.2) is 59.8 Å². The highest BCUT2D eigenvalue weighted by atomic mass is 35.5. The Morgan fingerprint density at radius 2 is 2.00 bits per heavy atom. The monoisotopic (exact) mass is 422 g/mol. The molecule has 0 aromatic heterocycles. The van der Waals surface area contributed by atoms with Crippen LogP contribution in [0.1, 0.15) is 43.4 Å². The fourth-order valence-corrected chi connectivity index (χ4v) is 4.86. The van der Waals surface area contributed by atoms with E-state index in [-0.39, 0.29) is 0 Å². The summed E-state index contributed by atoms with van der Waals surface area (Å²) in [5.74, 6) is 0.962. The number of hydrogen-bond donors (Lipinski definition) is 1. The highest BCUT2D eigenvalue weighted by Crippen LogP contribution is 2.31. The quantitative estimate of drug-likeness (QED) is 0.655. The molecular weight excluding hydrogens is 392 g/mol. The number of ether oxygens (including phenoxy) is 1. The van der Waals surface area contributed by atoms with E-state index in [1.165, 1.54) is 28.8 Å². The zero-order valence-corrected chi connectivity index (χ0v) is 18.9. The zero-order chi connectivity index (χ0) is 21.1. The fraction of sp³-hybridized carbons (Fsp3) is 0.385. The third-order valence-electron chi connectivity index (χ3n) is 6.52. The van der Waals surface area contributed by atoms with Crippen LogP contribution >= 0.6 is 11.6 Å². The molecule has 1 N–H and O–H groups in total. The van der Waals surface area contributed by atoms with Crippen molar-refractivity contribution in [2.45, 2.75) is 45.6 Å². The second-order valence-corrected chi connectivity index (χ2v) is 8.73. The van der Waals surface area contributed by atoms with Gasteiger partial charge >= 0.3 is 0 Å². The van der Waals surface area contributed by atoms with Gasteiger partial charge in [-0.3, -0.25) is 4.90 Å². The number of benzene rings is 2. The summed E-state index contributed by atoms with van der Waals surface area (Å²) in [5.41, 5.74) is 7.80. The first kappa shape index (κ1) is 21.0. The molecule has 2 aromatic rings. The Bertz CT molecular complexity index is 979. The molecule has 1 atom stereocenters. The largest absolute Gasteiger partial charge is 0.497 e. The van der Waals surface area contributed by atoms with Crippen LogP contribution < -0.4 is 10.1 Å². The topological polar surface area (TPSA) is 24.5 Å². The second-order valence-electron chi connectivity index (χ2n) is 8.32. The van der Waals surface area contributed by atoms with Crippen molar-refractivity contribution in [2.75, 3.05) is 20.2 Å². The molecule has 0 saturated heterocycles. The van der Waals surface area contributed by atoms with E-state index in [1.807, 2.05) is 18.2 Å². The van der Waals surface area contributed by atoms with Crippen LogP contribution in [0.25, 0.3) is 5.70 Å². The Morgan fingerprint density at radius 3 is 2.77 bits per heavy atom. The molecule has 0 radical (unpaired) electrons. The molecule has 4 heteroatoms. The molecule has 0 saturated carbocycles. The Morgan fingerprint density at radius 1 is 1.17 bits per heavy atom. The maximum atomic E-state index is 6.46. The highest BCUT2D eigenvalue weighted by Gasteiger charge is 2.28. The summed E-state index contributed by atoms with van der Waals surface area (Å²) in [5, 5.41) is 4.49. The minimum atomic E-state index is 0.573. The zero-order valence-electron chi connectivity index (χ0n) is 18.2. The van der Waals surface area contributed by atoms with Crippen molar-refractivity contribution in [3.63, 3.8) is 0 Å². The van der Waals surface area contributed by atoms with Crippen molar-refractivity contribution in [1.29, 1.82) is 0 Å². The van der Waals surface area contributed by atoms with E-state index >= 15 is 0 Å². The lowest BCUT2D eigenvalue weighted by Crippen LogP contribution is -2.45. The molecule has 2 aromatic carbocycles. The predicted octanol–water partition coefficient (Wildman–Crippen LogP) is 5.84. The molecule has 1 heterocycles. The smallest absolute Gasteiger partial charge is 0.119 e. The van der Waals surface area contributed by atoms with Gasteiger partial charge in [-0.1, -0.05) is 47.5 Å². The van der Waals surface area contributed by atoms with Crippen molar-refractivity contribution >= 4 is 17.3 Å². The highest BCUT2D eigenvalue weighted by molar-refractivity contribution is 6.32. The van der Waals surface area contributed by atoms with Crippen LogP contribution in [0.2, 0.25) is 5.02 Å². The van der Waals surface area contributed by atoms with Crippen molar-refractivity contribution in [3.05, 3.63) is 81.5 Å². The van der Waals surface area contributed by atoms with E-state index < -0.39 is 0 Å². The molecule has 158 valence electrons. The molecule has 1 unspecified atom stereocenters. The molecule has 30 heavy (non-hydrogen) atoms. The minimum Gasteiger partial charge on any atom is -0.497 e. The first-order valence-electron chi connectivity index (χ1n) is 10.9. The molecule has 0 bridgehead atoms. The lowest BCUT2D eigenvalue weighted by Gasteiger charge is -2.39. The lowest BCUT2D eigenvalue weighted by atomic mass is 9.86. The van der Waals surface area contributed by atoms with Crippen LogP contribution in [0.3, 0.4) is 0 Å². The summed E-state index contributed by atoms with van der Waals surface area (Å²) in [6, 6.07) is 15.2.